The summed E-state index contributed by atoms with van der Waals surface area (Å²) in [5.41, 5.74) is 1.10. The number of morpholine rings is 1. The normalized spacial score (nSPS) is 14.9. The third kappa shape index (κ3) is 4.81. The molecular formula is C16H19N5O3S. The van der Waals surface area contributed by atoms with E-state index in [-0.39, 0.29) is 17.5 Å². The third-order valence-electron chi connectivity index (χ3n) is 3.83. The summed E-state index contributed by atoms with van der Waals surface area (Å²) in [6, 6.07) is 6.89. The van der Waals surface area contributed by atoms with Gasteiger partial charge in [-0.1, -0.05) is 16.6 Å². The standard InChI is InChI=1S/C16H19N5O3S/c22-15(17-5-6-21-7-9-24-10-8-21)12-3-1-2-4-13(12)18-16(23)14-11-25-20-19-14/h1-4,11H,5-10H2,(H,17,22)(H,18,23). The van der Waals surface area contributed by atoms with Crippen LogP contribution in [0.25, 0.3) is 0 Å². The number of anilines is 1. The van der Waals surface area contributed by atoms with E-state index in [1.54, 1.807) is 29.6 Å². The van der Waals surface area contributed by atoms with Gasteiger partial charge in [0.15, 0.2) is 5.69 Å². The molecule has 1 aromatic heterocycles. The van der Waals surface area contributed by atoms with Gasteiger partial charge in [0.1, 0.15) is 0 Å². The Balaban J connectivity index is 1.57. The number of amides is 2. The molecule has 0 spiro atoms. The SMILES string of the molecule is O=C(Nc1ccccc1C(=O)NCCN1CCOCC1)c1csnn1. The van der Waals surface area contributed by atoms with Crippen LogP contribution < -0.4 is 10.6 Å². The van der Waals surface area contributed by atoms with Crippen molar-refractivity contribution in [3.8, 4) is 0 Å². The van der Waals surface area contributed by atoms with E-state index in [0.717, 1.165) is 44.4 Å². The Morgan fingerprint density at radius 1 is 1.20 bits per heavy atom. The molecule has 0 unspecified atom stereocenters. The van der Waals surface area contributed by atoms with Gasteiger partial charge < -0.3 is 15.4 Å². The van der Waals surface area contributed by atoms with Gasteiger partial charge in [-0.3, -0.25) is 14.5 Å². The van der Waals surface area contributed by atoms with Gasteiger partial charge in [-0.2, -0.15) is 0 Å². The van der Waals surface area contributed by atoms with Crippen molar-refractivity contribution in [1.82, 2.24) is 19.8 Å². The molecule has 0 aliphatic carbocycles. The largest absolute Gasteiger partial charge is 0.379 e. The molecule has 1 aliphatic rings. The van der Waals surface area contributed by atoms with E-state index >= 15 is 0 Å². The molecule has 2 amide bonds. The number of aromatic nitrogens is 2. The van der Waals surface area contributed by atoms with Crippen molar-refractivity contribution in [1.29, 1.82) is 0 Å². The molecule has 9 heteroatoms. The fourth-order valence-corrected chi connectivity index (χ4v) is 2.92. The molecule has 0 bridgehead atoms. The van der Waals surface area contributed by atoms with Crippen LogP contribution in [0.1, 0.15) is 20.8 Å². The van der Waals surface area contributed by atoms with Crippen LogP contribution in [0.3, 0.4) is 0 Å². The maximum atomic E-state index is 12.4. The van der Waals surface area contributed by atoms with Crippen LogP contribution in [0.2, 0.25) is 0 Å². The number of nitrogens with one attached hydrogen (secondary N) is 2. The van der Waals surface area contributed by atoms with Crippen molar-refractivity contribution in [3.63, 3.8) is 0 Å². The Kier molecular flexibility index (Phi) is 6.04. The van der Waals surface area contributed by atoms with Crippen LogP contribution in [0.4, 0.5) is 5.69 Å². The van der Waals surface area contributed by atoms with Crippen molar-refractivity contribution >= 4 is 29.0 Å². The smallest absolute Gasteiger partial charge is 0.277 e. The second kappa shape index (κ2) is 8.65. The number of hydrogen-bond donors (Lipinski definition) is 2. The van der Waals surface area contributed by atoms with Crippen molar-refractivity contribution in [3.05, 3.63) is 40.9 Å². The number of carbonyl (C=O) groups excluding carboxylic acids is 2. The topological polar surface area (TPSA) is 96.5 Å². The van der Waals surface area contributed by atoms with Crippen LogP contribution in [0.5, 0.6) is 0 Å². The van der Waals surface area contributed by atoms with E-state index in [9.17, 15) is 9.59 Å². The van der Waals surface area contributed by atoms with Crippen LogP contribution >= 0.6 is 11.5 Å². The molecule has 2 heterocycles. The summed E-state index contributed by atoms with van der Waals surface area (Å²) in [6.07, 6.45) is 0. The summed E-state index contributed by atoms with van der Waals surface area (Å²) in [5, 5.41) is 10.9. The van der Waals surface area contributed by atoms with Crippen LogP contribution in [-0.2, 0) is 4.74 Å². The maximum Gasteiger partial charge on any atom is 0.277 e. The lowest BCUT2D eigenvalue weighted by Gasteiger charge is -2.26. The van der Waals surface area contributed by atoms with Gasteiger partial charge in [0, 0.05) is 31.6 Å². The van der Waals surface area contributed by atoms with E-state index < -0.39 is 0 Å². The number of benzene rings is 1. The van der Waals surface area contributed by atoms with Crippen molar-refractivity contribution < 1.29 is 14.3 Å². The Bertz CT molecular complexity index is 716. The highest BCUT2D eigenvalue weighted by Gasteiger charge is 2.16. The molecule has 25 heavy (non-hydrogen) atoms. The summed E-state index contributed by atoms with van der Waals surface area (Å²) in [7, 11) is 0. The van der Waals surface area contributed by atoms with E-state index in [0.29, 0.717) is 17.8 Å². The minimum Gasteiger partial charge on any atom is -0.379 e. The lowest BCUT2D eigenvalue weighted by molar-refractivity contribution is 0.0383. The molecule has 2 N–H and O–H groups in total. The molecule has 0 saturated carbocycles. The van der Waals surface area contributed by atoms with E-state index in [1.807, 2.05) is 0 Å². The monoisotopic (exact) mass is 361 g/mol. The highest BCUT2D eigenvalue weighted by molar-refractivity contribution is 7.03. The molecule has 3 rings (SSSR count). The summed E-state index contributed by atoms with van der Waals surface area (Å²) in [5.74, 6) is -0.608. The first-order valence-electron chi connectivity index (χ1n) is 8.00. The maximum absolute atomic E-state index is 12.4. The summed E-state index contributed by atoms with van der Waals surface area (Å²) >= 11 is 1.10. The van der Waals surface area contributed by atoms with E-state index in [1.165, 1.54) is 0 Å². The van der Waals surface area contributed by atoms with E-state index in [2.05, 4.69) is 25.1 Å². The van der Waals surface area contributed by atoms with Crippen molar-refractivity contribution in [2.45, 2.75) is 0 Å². The lowest BCUT2D eigenvalue weighted by atomic mass is 10.1. The highest BCUT2D eigenvalue weighted by atomic mass is 32.1. The number of nitrogens with zero attached hydrogens (tertiary/aromatic N) is 3. The zero-order valence-electron chi connectivity index (χ0n) is 13.6. The summed E-state index contributed by atoms with van der Waals surface area (Å²) in [4.78, 5) is 26.8. The van der Waals surface area contributed by atoms with Crippen LogP contribution in [0, 0.1) is 0 Å². The predicted octanol–water partition coefficient (Wildman–Crippen LogP) is 0.852. The Labute approximate surface area is 149 Å². The second-order valence-corrected chi connectivity index (χ2v) is 6.11. The number of ether oxygens (including phenoxy) is 1. The van der Waals surface area contributed by atoms with Crippen molar-refractivity contribution in [2.75, 3.05) is 44.7 Å². The number of carbonyl (C=O) groups is 2. The first-order valence-corrected chi connectivity index (χ1v) is 8.83. The molecule has 1 aromatic carbocycles. The van der Waals surface area contributed by atoms with Gasteiger partial charge in [-0.25, -0.2) is 0 Å². The average Bonchev–Trinajstić information content (AvgIpc) is 3.18. The molecule has 0 radical (unpaired) electrons. The molecule has 8 nitrogen and oxygen atoms in total. The lowest BCUT2D eigenvalue weighted by Crippen LogP contribution is -2.41. The first kappa shape index (κ1) is 17.5. The zero-order valence-corrected chi connectivity index (χ0v) is 14.4. The van der Waals surface area contributed by atoms with Crippen molar-refractivity contribution in [2.24, 2.45) is 0 Å². The number of para-hydroxylation sites is 1. The van der Waals surface area contributed by atoms with Gasteiger partial charge in [0.25, 0.3) is 11.8 Å². The number of hydrogen-bond acceptors (Lipinski definition) is 7. The van der Waals surface area contributed by atoms with Gasteiger partial charge >= 0.3 is 0 Å². The molecule has 2 aromatic rings. The van der Waals surface area contributed by atoms with Gasteiger partial charge in [0.2, 0.25) is 0 Å². The molecule has 0 atom stereocenters. The molecule has 132 valence electrons. The Morgan fingerprint density at radius 2 is 2.00 bits per heavy atom. The molecular weight excluding hydrogens is 342 g/mol. The Hall–Kier alpha value is -2.36. The third-order valence-corrected chi connectivity index (χ3v) is 4.33. The molecule has 1 aliphatic heterocycles. The quantitative estimate of drug-likeness (QED) is 0.792. The predicted molar refractivity (Wildman–Crippen MR) is 93.9 cm³/mol. The fourth-order valence-electron chi connectivity index (χ4n) is 2.49. The second-order valence-electron chi connectivity index (χ2n) is 5.50. The minimum absolute atomic E-state index is 0.222. The average molecular weight is 361 g/mol. The van der Waals surface area contributed by atoms with Crippen LogP contribution in [-0.4, -0.2) is 65.7 Å². The van der Waals surface area contributed by atoms with Crippen LogP contribution in [0.15, 0.2) is 29.6 Å². The van der Waals surface area contributed by atoms with Gasteiger partial charge in [-0.15, -0.1) is 5.10 Å². The molecule has 1 saturated heterocycles. The summed E-state index contributed by atoms with van der Waals surface area (Å²) < 4.78 is 8.97. The van der Waals surface area contributed by atoms with E-state index in [4.69, 9.17) is 4.74 Å². The minimum atomic E-state index is -0.387. The first-order chi connectivity index (χ1) is 12.2. The zero-order chi connectivity index (χ0) is 17.5. The molecule has 1 fully saturated rings. The van der Waals surface area contributed by atoms with Gasteiger partial charge in [0.05, 0.1) is 24.5 Å². The summed E-state index contributed by atoms with van der Waals surface area (Å²) in [6.45, 7) is 4.53. The fraction of sp³-hybridized carbons (Fsp3) is 0.375. The number of rotatable bonds is 6. The Morgan fingerprint density at radius 3 is 2.76 bits per heavy atom. The van der Waals surface area contributed by atoms with Gasteiger partial charge in [-0.05, 0) is 23.7 Å². The highest BCUT2D eigenvalue weighted by Crippen LogP contribution is 2.16.